The summed E-state index contributed by atoms with van der Waals surface area (Å²) in [5, 5.41) is 10.8. The maximum atomic E-state index is 10.8. The van der Waals surface area contributed by atoms with Gasteiger partial charge in [0.05, 0.1) is 0 Å². The zero-order valence-electron chi connectivity index (χ0n) is 7.81. The Balaban J connectivity index is 2.96. The average Bonchev–Trinajstić information content (AvgIpc) is 2.04. The first-order valence-electron chi connectivity index (χ1n) is 4.29. The van der Waals surface area contributed by atoms with E-state index in [0.717, 1.165) is 0 Å². The zero-order chi connectivity index (χ0) is 9.84. The summed E-state index contributed by atoms with van der Waals surface area (Å²) < 4.78 is 1.65. The molecule has 1 heterocycles. The Morgan fingerprint density at radius 3 is 2.15 bits per heavy atom. The molecule has 1 unspecified atom stereocenters. The van der Waals surface area contributed by atoms with Crippen molar-refractivity contribution in [2.45, 2.75) is 19.9 Å². The van der Waals surface area contributed by atoms with E-state index in [1.165, 1.54) is 0 Å². The van der Waals surface area contributed by atoms with Crippen molar-refractivity contribution in [2.75, 3.05) is 0 Å². The van der Waals surface area contributed by atoms with Crippen LogP contribution in [-0.4, -0.2) is 5.97 Å². The fraction of sp³-hybridized carbons (Fsp3) is 0.400. The first-order valence-corrected chi connectivity index (χ1v) is 4.29. The van der Waals surface area contributed by atoms with Gasteiger partial charge in [0.1, 0.15) is 5.97 Å². The van der Waals surface area contributed by atoms with Crippen LogP contribution in [0, 0.1) is 5.92 Å². The Kier molecular flexibility index (Phi) is 3.01. The number of hydrogen-bond acceptors (Lipinski definition) is 2. The maximum absolute atomic E-state index is 10.8. The first-order chi connectivity index (χ1) is 6.13. The minimum absolute atomic E-state index is 0.0254. The predicted octanol–water partition coefficient (Wildman–Crippen LogP) is -0.0789. The first kappa shape index (κ1) is 9.71. The van der Waals surface area contributed by atoms with Gasteiger partial charge >= 0.3 is 0 Å². The lowest BCUT2D eigenvalue weighted by Gasteiger charge is -2.16. The third kappa shape index (κ3) is 2.28. The van der Waals surface area contributed by atoms with Gasteiger partial charge in [0.2, 0.25) is 0 Å². The van der Waals surface area contributed by atoms with Gasteiger partial charge < -0.3 is 9.90 Å². The van der Waals surface area contributed by atoms with Crippen LogP contribution >= 0.6 is 0 Å². The third-order valence-electron chi connectivity index (χ3n) is 1.93. The normalized spacial score (nSPS) is 12.8. The molecule has 1 aromatic heterocycles. The Labute approximate surface area is 77.6 Å². The summed E-state index contributed by atoms with van der Waals surface area (Å²) >= 11 is 0. The fourth-order valence-electron chi connectivity index (χ4n) is 1.34. The van der Waals surface area contributed by atoms with Crippen LogP contribution in [0.15, 0.2) is 30.6 Å². The molecule has 0 spiro atoms. The number of nitrogens with zero attached hydrogens (tertiary/aromatic N) is 1. The van der Waals surface area contributed by atoms with E-state index >= 15 is 0 Å². The summed E-state index contributed by atoms with van der Waals surface area (Å²) in [4.78, 5) is 10.8. The zero-order valence-corrected chi connectivity index (χ0v) is 7.81. The molecule has 0 aliphatic rings. The molecule has 1 atom stereocenters. The molecule has 0 saturated carbocycles. The van der Waals surface area contributed by atoms with Gasteiger partial charge in [-0.1, -0.05) is 19.9 Å². The highest BCUT2D eigenvalue weighted by molar-refractivity contribution is 5.67. The van der Waals surface area contributed by atoms with E-state index in [4.69, 9.17) is 0 Å². The van der Waals surface area contributed by atoms with Crippen molar-refractivity contribution in [2.24, 2.45) is 5.92 Å². The number of pyridine rings is 1. The topological polar surface area (TPSA) is 44.0 Å². The number of carboxylic acid groups (broad SMARTS) is 1. The highest BCUT2D eigenvalue weighted by Gasteiger charge is 2.23. The number of carbonyl (C=O) groups excluding carboxylic acids is 1. The second-order valence-electron chi connectivity index (χ2n) is 3.33. The average molecular weight is 179 g/mol. The molecule has 1 rings (SSSR count). The summed E-state index contributed by atoms with van der Waals surface area (Å²) in [6.07, 6.45) is 3.47. The van der Waals surface area contributed by atoms with Crippen LogP contribution in [0.1, 0.15) is 19.9 Å². The molecular weight excluding hydrogens is 166 g/mol. The number of aromatic nitrogens is 1. The summed E-state index contributed by atoms with van der Waals surface area (Å²) in [6.45, 7) is 3.72. The van der Waals surface area contributed by atoms with Crippen molar-refractivity contribution in [3.8, 4) is 0 Å². The molecular formula is C10H13NO2. The molecule has 0 saturated heterocycles. The van der Waals surface area contributed by atoms with Crippen molar-refractivity contribution < 1.29 is 14.5 Å². The molecule has 0 aliphatic carbocycles. The summed E-state index contributed by atoms with van der Waals surface area (Å²) in [5.41, 5.74) is 0. The van der Waals surface area contributed by atoms with Crippen LogP contribution in [0.5, 0.6) is 0 Å². The van der Waals surface area contributed by atoms with E-state index in [-0.39, 0.29) is 5.92 Å². The number of carbonyl (C=O) groups is 1. The molecule has 0 bridgehead atoms. The Morgan fingerprint density at radius 1 is 1.23 bits per heavy atom. The Bertz CT molecular complexity index is 282. The van der Waals surface area contributed by atoms with Crippen LogP contribution in [-0.2, 0) is 4.79 Å². The minimum Gasteiger partial charge on any atom is -0.543 e. The number of aliphatic carboxylic acids is 1. The molecule has 0 amide bonds. The van der Waals surface area contributed by atoms with Gasteiger partial charge in [-0.3, -0.25) is 0 Å². The number of hydrogen-bond donors (Lipinski definition) is 0. The van der Waals surface area contributed by atoms with E-state index in [1.807, 2.05) is 19.9 Å². The van der Waals surface area contributed by atoms with Crippen LogP contribution in [0.3, 0.4) is 0 Å². The van der Waals surface area contributed by atoms with Gasteiger partial charge in [-0.15, -0.1) is 0 Å². The van der Waals surface area contributed by atoms with Crippen LogP contribution in [0.4, 0.5) is 0 Å². The second-order valence-corrected chi connectivity index (χ2v) is 3.33. The van der Waals surface area contributed by atoms with E-state index in [0.29, 0.717) is 0 Å². The summed E-state index contributed by atoms with van der Waals surface area (Å²) in [7, 11) is 0. The van der Waals surface area contributed by atoms with Gasteiger partial charge in [-0.05, 0) is 0 Å². The molecule has 1 aromatic rings. The predicted molar refractivity (Wildman–Crippen MR) is 45.5 cm³/mol. The molecule has 0 fully saturated rings. The van der Waals surface area contributed by atoms with Crippen molar-refractivity contribution >= 4 is 5.97 Å². The minimum atomic E-state index is -1.04. The molecule has 3 nitrogen and oxygen atoms in total. The van der Waals surface area contributed by atoms with Gasteiger partial charge in [-0.2, -0.15) is 4.57 Å². The Hall–Kier alpha value is -1.38. The molecule has 3 heteroatoms. The Morgan fingerprint density at radius 2 is 1.77 bits per heavy atom. The quantitative estimate of drug-likeness (QED) is 0.609. The lowest BCUT2D eigenvalue weighted by atomic mass is 10.0. The molecule has 70 valence electrons. The smallest absolute Gasteiger partial charge is 0.199 e. The molecule has 0 aliphatic heterocycles. The van der Waals surface area contributed by atoms with Gasteiger partial charge in [0.15, 0.2) is 18.4 Å². The van der Waals surface area contributed by atoms with Crippen molar-refractivity contribution in [3.05, 3.63) is 30.6 Å². The number of carboxylic acids is 1. The van der Waals surface area contributed by atoms with Crippen LogP contribution in [0.25, 0.3) is 0 Å². The van der Waals surface area contributed by atoms with E-state index in [9.17, 15) is 9.90 Å². The monoisotopic (exact) mass is 179 g/mol. The SMILES string of the molecule is CC(C)C(C(=O)[O-])[n+]1ccccc1. The highest BCUT2D eigenvalue weighted by Crippen LogP contribution is 2.08. The van der Waals surface area contributed by atoms with Gasteiger partial charge in [0, 0.05) is 18.1 Å². The largest absolute Gasteiger partial charge is 0.543 e. The highest BCUT2D eigenvalue weighted by atomic mass is 16.4. The van der Waals surface area contributed by atoms with Crippen LogP contribution in [0.2, 0.25) is 0 Å². The van der Waals surface area contributed by atoms with E-state index in [1.54, 1.807) is 29.1 Å². The van der Waals surface area contributed by atoms with Gasteiger partial charge in [-0.25, -0.2) is 0 Å². The fourth-order valence-corrected chi connectivity index (χ4v) is 1.34. The molecule has 0 radical (unpaired) electrons. The maximum Gasteiger partial charge on any atom is 0.199 e. The van der Waals surface area contributed by atoms with E-state index in [2.05, 4.69) is 0 Å². The van der Waals surface area contributed by atoms with Crippen molar-refractivity contribution in [1.29, 1.82) is 0 Å². The van der Waals surface area contributed by atoms with Gasteiger partial charge in [0.25, 0.3) is 0 Å². The standard InChI is InChI=1S/C10H13NO2/c1-8(2)9(10(12)13)11-6-4-3-5-7-11/h3-9H,1-2H3. The summed E-state index contributed by atoms with van der Waals surface area (Å²) in [6, 6.07) is 4.88. The van der Waals surface area contributed by atoms with Crippen molar-refractivity contribution in [3.63, 3.8) is 0 Å². The lowest BCUT2D eigenvalue weighted by Crippen LogP contribution is -2.51. The summed E-state index contributed by atoms with van der Waals surface area (Å²) in [5.74, 6) is -1.01. The molecule has 0 N–H and O–H groups in total. The van der Waals surface area contributed by atoms with E-state index < -0.39 is 12.0 Å². The third-order valence-corrected chi connectivity index (χ3v) is 1.93. The molecule has 0 aromatic carbocycles. The number of rotatable bonds is 3. The van der Waals surface area contributed by atoms with Crippen LogP contribution < -0.4 is 9.67 Å². The molecule has 13 heavy (non-hydrogen) atoms. The second kappa shape index (κ2) is 4.03. The van der Waals surface area contributed by atoms with Crippen molar-refractivity contribution in [1.82, 2.24) is 0 Å². The lowest BCUT2D eigenvalue weighted by molar-refractivity contribution is -0.721.